The molecule has 0 rings (SSSR count). The monoisotopic (exact) mass is 157 g/mol. The highest BCUT2D eigenvalue weighted by Gasteiger charge is 1.88. The number of nitrogens with two attached hydrogens (primary N) is 1. The van der Waals surface area contributed by atoms with Crippen LogP contribution in [0.5, 0.6) is 0 Å². The summed E-state index contributed by atoms with van der Waals surface area (Å²) in [7, 11) is 0. The topological polar surface area (TPSA) is 70.6 Å². The van der Waals surface area contributed by atoms with Gasteiger partial charge in [-0.15, -0.1) is 0 Å². The van der Waals surface area contributed by atoms with Gasteiger partial charge in [0.25, 0.3) is 0 Å². The standard InChI is InChI=1S/C7H15N3O/c1-6(2)5-10-7(8)9-3-4-11/h11H,1,3-5H2,2H3,(H3,8,9,10). The summed E-state index contributed by atoms with van der Waals surface area (Å²) in [6.45, 7) is 6.57. The zero-order valence-corrected chi connectivity index (χ0v) is 6.80. The third kappa shape index (κ3) is 6.86. The second-order valence-corrected chi connectivity index (χ2v) is 2.31. The minimum Gasteiger partial charge on any atom is -0.395 e. The molecule has 4 heteroatoms. The number of nitrogens with one attached hydrogen (secondary N) is 1. The number of aliphatic hydroxyl groups excluding tert-OH is 1. The number of hydrogen-bond donors (Lipinski definition) is 3. The smallest absolute Gasteiger partial charge is 0.188 e. The lowest BCUT2D eigenvalue weighted by Crippen LogP contribution is -2.33. The van der Waals surface area contributed by atoms with E-state index < -0.39 is 0 Å². The lowest BCUT2D eigenvalue weighted by Gasteiger charge is -2.01. The highest BCUT2D eigenvalue weighted by atomic mass is 16.3. The third-order valence-electron chi connectivity index (χ3n) is 0.937. The summed E-state index contributed by atoms with van der Waals surface area (Å²) >= 11 is 0. The van der Waals surface area contributed by atoms with Crippen molar-refractivity contribution in [1.82, 2.24) is 5.32 Å². The number of hydrogen-bond acceptors (Lipinski definition) is 2. The average molecular weight is 157 g/mol. The van der Waals surface area contributed by atoms with Crippen LogP contribution in [-0.4, -0.2) is 30.8 Å². The molecule has 11 heavy (non-hydrogen) atoms. The van der Waals surface area contributed by atoms with Crippen molar-refractivity contribution < 1.29 is 5.11 Å². The quantitative estimate of drug-likeness (QED) is 0.291. The Morgan fingerprint density at radius 3 is 2.82 bits per heavy atom. The first kappa shape index (κ1) is 9.97. The van der Waals surface area contributed by atoms with E-state index >= 15 is 0 Å². The fourth-order valence-electron chi connectivity index (χ4n) is 0.460. The normalized spacial score (nSPS) is 11.3. The second-order valence-electron chi connectivity index (χ2n) is 2.31. The molecule has 0 saturated carbocycles. The van der Waals surface area contributed by atoms with E-state index in [1.54, 1.807) is 0 Å². The molecule has 4 N–H and O–H groups in total. The van der Waals surface area contributed by atoms with E-state index in [1.165, 1.54) is 0 Å². The zero-order valence-electron chi connectivity index (χ0n) is 6.80. The van der Waals surface area contributed by atoms with Crippen molar-refractivity contribution in [3.8, 4) is 0 Å². The second kappa shape index (κ2) is 5.73. The molecule has 0 spiro atoms. The van der Waals surface area contributed by atoms with Crippen molar-refractivity contribution in [1.29, 1.82) is 0 Å². The van der Waals surface area contributed by atoms with Crippen molar-refractivity contribution in [2.24, 2.45) is 10.7 Å². The Kier molecular flexibility index (Phi) is 5.20. The van der Waals surface area contributed by atoms with Gasteiger partial charge in [-0.25, -0.2) is 4.99 Å². The molecule has 0 aromatic heterocycles. The average Bonchev–Trinajstić information content (AvgIpc) is 1.97. The molecule has 0 radical (unpaired) electrons. The molecule has 64 valence electrons. The Morgan fingerprint density at radius 1 is 1.73 bits per heavy atom. The molecule has 0 unspecified atom stereocenters. The fraction of sp³-hybridized carbons (Fsp3) is 0.571. The molecule has 0 aromatic carbocycles. The zero-order chi connectivity index (χ0) is 8.69. The van der Waals surface area contributed by atoms with Crippen molar-refractivity contribution in [3.63, 3.8) is 0 Å². The summed E-state index contributed by atoms with van der Waals surface area (Å²) in [6, 6.07) is 0. The van der Waals surface area contributed by atoms with Gasteiger partial charge < -0.3 is 16.2 Å². The molecule has 0 bridgehead atoms. The van der Waals surface area contributed by atoms with Crippen LogP contribution in [0.2, 0.25) is 0 Å². The highest BCUT2D eigenvalue weighted by Crippen LogP contribution is 1.85. The first-order valence-electron chi connectivity index (χ1n) is 3.46. The Bertz CT molecular complexity index is 154. The van der Waals surface area contributed by atoms with Crippen LogP contribution in [-0.2, 0) is 0 Å². The third-order valence-corrected chi connectivity index (χ3v) is 0.937. The van der Waals surface area contributed by atoms with E-state index in [0.717, 1.165) is 5.57 Å². The van der Waals surface area contributed by atoms with Gasteiger partial charge >= 0.3 is 0 Å². The van der Waals surface area contributed by atoms with Crippen molar-refractivity contribution in [2.75, 3.05) is 19.7 Å². The maximum atomic E-state index is 8.40. The van der Waals surface area contributed by atoms with E-state index in [9.17, 15) is 0 Å². The number of nitrogens with zero attached hydrogens (tertiary/aromatic N) is 1. The van der Waals surface area contributed by atoms with Gasteiger partial charge in [0.15, 0.2) is 5.96 Å². The van der Waals surface area contributed by atoms with Crippen LogP contribution >= 0.6 is 0 Å². The van der Waals surface area contributed by atoms with E-state index in [-0.39, 0.29) is 6.61 Å². The first-order chi connectivity index (χ1) is 5.16. The first-order valence-corrected chi connectivity index (χ1v) is 3.46. The molecule has 0 aliphatic carbocycles. The maximum absolute atomic E-state index is 8.40. The van der Waals surface area contributed by atoms with Gasteiger partial charge in [-0.1, -0.05) is 12.2 Å². The van der Waals surface area contributed by atoms with Crippen LogP contribution < -0.4 is 11.1 Å². The minimum atomic E-state index is 0.0588. The largest absolute Gasteiger partial charge is 0.395 e. The number of aliphatic hydroxyl groups is 1. The summed E-state index contributed by atoms with van der Waals surface area (Å²) in [6.07, 6.45) is 0. The van der Waals surface area contributed by atoms with Gasteiger partial charge in [-0.05, 0) is 6.92 Å². The van der Waals surface area contributed by atoms with Crippen LogP contribution in [0, 0.1) is 0 Å². The predicted molar refractivity (Wildman–Crippen MR) is 46.4 cm³/mol. The van der Waals surface area contributed by atoms with E-state index in [1.807, 2.05) is 6.92 Å². The Morgan fingerprint density at radius 2 is 2.36 bits per heavy atom. The summed E-state index contributed by atoms with van der Waals surface area (Å²) < 4.78 is 0. The Labute approximate surface area is 66.8 Å². The highest BCUT2D eigenvalue weighted by molar-refractivity contribution is 5.77. The van der Waals surface area contributed by atoms with Gasteiger partial charge in [0, 0.05) is 6.54 Å². The molecular weight excluding hydrogens is 142 g/mol. The van der Waals surface area contributed by atoms with Gasteiger partial charge in [-0.2, -0.15) is 0 Å². The minimum absolute atomic E-state index is 0.0588. The van der Waals surface area contributed by atoms with Crippen molar-refractivity contribution in [2.45, 2.75) is 6.92 Å². The molecule has 0 amide bonds. The number of rotatable bonds is 4. The molecule has 0 fully saturated rings. The number of guanidine groups is 1. The summed E-state index contributed by atoms with van der Waals surface area (Å²) in [5.41, 5.74) is 6.35. The van der Waals surface area contributed by atoms with E-state index in [2.05, 4.69) is 16.9 Å². The summed E-state index contributed by atoms with van der Waals surface area (Å²) in [4.78, 5) is 3.93. The Balaban J connectivity index is 3.54. The van der Waals surface area contributed by atoms with Gasteiger partial charge in [0.1, 0.15) is 0 Å². The van der Waals surface area contributed by atoms with Crippen LogP contribution in [0.25, 0.3) is 0 Å². The molecule has 0 atom stereocenters. The summed E-state index contributed by atoms with van der Waals surface area (Å²) in [5, 5.41) is 11.1. The van der Waals surface area contributed by atoms with Gasteiger partial charge in [0.05, 0.1) is 13.2 Å². The van der Waals surface area contributed by atoms with Crippen LogP contribution in [0.3, 0.4) is 0 Å². The molecule has 4 nitrogen and oxygen atoms in total. The predicted octanol–water partition coefficient (Wildman–Crippen LogP) is -0.541. The maximum Gasteiger partial charge on any atom is 0.188 e. The van der Waals surface area contributed by atoms with Crippen LogP contribution in [0.4, 0.5) is 0 Å². The lowest BCUT2D eigenvalue weighted by atomic mass is 10.4. The van der Waals surface area contributed by atoms with E-state index in [0.29, 0.717) is 19.0 Å². The molecule has 0 saturated heterocycles. The number of aliphatic imine (C=N–C) groups is 1. The molecular formula is C7H15N3O. The summed E-state index contributed by atoms with van der Waals surface area (Å²) in [5.74, 6) is 0.349. The molecule has 0 aliphatic heterocycles. The molecule has 0 heterocycles. The fourth-order valence-corrected chi connectivity index (χ4v) is 0.460. The molecule has 0 aliphatic rings. The van der Waals surface area contributed by atoms with Crippen LogP contribution in [0.15, 0.2) is 17.1 Å². The Hall–Kier alpha value is -1.03. The van der Waals surface area contributed by atoms with Gasteiger partial charge in [0.2, 0.25) is 0 Å². The lowest BCUT2D eigenvalue weighted by molar-refractivity contribution is 0.300. The molecule has 0 aromatic rings. The van der Waals surface area contributed by atoms with Crippen molar-refractivity contribution >= 4 is 5.96 Å². The van der Waals surface area contributed by atoms with Crippen LogP contribution in [0.1, 0.15) is 6.92 Å². The van der Waals surface area contributed by atoms with E-state index in [4.69, 9.17) is 10.8 Å². The van der Waals surface area contributed by atoms with Gasteiger partial charge in [-0.3, -0.25) is 0 Å². The SMILES string of the molecule is C=C(C)CN=C(N)NCCO. The van der Waals surface area contributed by atoms with Crippen molar-refractivity contribution in [3.05, 3.63) is 12.2 Å².